The van der Waals surface area contributed by atoms with Crippen molar-refractivity contribution in [2.45, 2.75) is 26.7 Å². The van der Waals surface area contributed by atoms with Gasteiger partial charge in [-0.2, -0.15) is 0 Å². The molecule has 0 bridgehead atoms. The van der Waals surface area contributed by atoms with Gasteiger partial charge in [-0.25, -0.2) is 9.59 Å². The Labute approximate surface area is 143 Å². The van der Waals surface area contributed by atoms with Crippen LogP contribution in [0.15, 0.2) is 0 Å². The average Bonchev–Trinajstić information content (AvgIpc) is 2.51. The zero-order valence-corrected chi connectivity index (χ0v) is 15.0. The summed E-state index contributed by atoms with van der Waals surface area (Å²) in [5.74, 6) is -0.624. The number of nitrogens with zero attached hydrogens (tertiary/aromatic N) is 1. The summed E-state index contributed by atoms with van der Waals surface area (Å²) < 4.78 is 19.3. The fourth-order valence-electron chi connectivity index (χ4n) is 1.79. The lowest BCUT2D eigenvalue weighted by Crippen LogP contribution is -2.37. The maximum Gasteiger partial charge on any atom is 0.332 e. The van der Waals surface area contributed by atoms with E-state index >= 15 is 0 Å². The van der Waals surface area contributed by atoms with Crippen LogP contribution in [0.3, 0.4) is 0 Å². The minimum atomic E-state index is -0.487. The zero-order chi connectivity index (χ0) is 18.4. The predicted molar refractivity (Wildman–Crippen MR) is 86.3 cm³/mol. The number of ether oxygens (including phenoxy) is 4. The number of amides is 1. The van der Waals surface area contributed by atoms with Gasteiger partial charge in [-0.3, -0.25) is 4.79 Å². The molecule has 24 heavy (non-hydrogen) atoms. The standard InChI is InChI=1S/C16H29NO7/c1-13(2)5-6-14(18)17(7-9-23-15(19)11-21-3)8-10-24-16(20)12-22-4/h13H,5-12H2,1-4H3. The molecule has 0 aromatic rings. The number of carbonyl (C=O) groups is 3. The van der Waals surface area contributed by atoms with E-state index in [1.165, 1.54) is 19.1 Å². The monoisotopic (exact) mass is 347 g/mol. The van der Waals surface area contributed by atoms with Crippen LogP contribution in [0.4, 0.5) is 0 Å². The van der Waals surface area contributed by atoms with E-state index in [4.69, 9.17) is 9.47 Å². The minimum Gasteiger partial charge on any atom is -0.462 e. The van der Waals surface area contributed by atoms with Gasteiger partial charge in [0, 0.05) is 20.6 Å². The lowest BCUT2D eigenvalue weighted by Gasteiger charge is -2.23. The molecule has 0 heterocycles. The molecule has 0 fully saturated rings. The molecule has 0 atom stereocenters. The van der Waals surface area contributed by atoms with Crippen molar-refractivity contribution in [3.8, 4) is 0 Å². The van der Waals surface area contributed by atoms with Crippen LogP contribution < -0.4 is 0 Å². The second kappa shape index (κ2) is 13.7. The Morgan fingerprint density at radius 2 is 1.33 bits per heavy atom. The largest absolute Gasteiger partial charge is 0.462 e. The molecule has 140 valence electrons. The number of hydrogen-bond donors (Lipinski definition) is 0. The smallest absolute Gasteiger partial charge is 0.332 e. The van der Waals surface area contributed by atoms with E-state index in [1.807, 2.05) is 13.8 Å². The lowest BCUT2D eigenvalue weighted by atomic mass is 10.1. The number of esters is 2. The van der Waals surface area contributed by atoms with Gasteiger partial charge in [-0.1, -0.05) is 13.8 Å². The van der Waals surface area contributed by atoms with Crippen LogP contribution in [0.2, 0.25) is 0 Å². The van der Waals surface area contributed by atoms with E-state index in [2.05, 4.69) is 9.47 Å². The van der Waals surface area contributed by atoms with Crippen LogP contribution in [-0.2, 0) is 33.3 Å². The first-order chi connectivity index (χ1) is 11.4. The first kappa shape index (κ1) is 22.3. The van der Waals surface area contributed by atoms with Crippen LogP contribution in [0, 0.1) is 5.92 Å². The molecular formula is C16H29NO7. The molecule has 0 radical (unpaired) electrons. The van der Waals surface area contributed by atoms with Crippen LogP contribution in [0.25, 0.3) is 0 Å². The first-order valence-corrected chi connectivity index (χ1v) is 7.97. The van der Waals surface area contributed by atoms with Crippen molar-refractivity contribution in [3.63, 3.8) is 0 Å². The second-order valence-electron chi connectivity index (χ2n) is 5.62. The molecule has 0 aliphatic rings. The molecule has 0 aliphatic heterocycles. The fourth-order valence-corrected chi connectivity index (χ4v) is 1.79. The second-order valence-corrected chi connectivity index (χ2v) is 5.62. The highest BCUT2D eigenvalue weighted by atomic mass is 16.6. The van der Waals surface area contributed by atoms with Gasteiger partial charge in [-0.05, 0) is 12.3 Å². The highest BCUT2D eigenvalue weighted by molar-refractivity contribution is 5.76. The summed E-state index contributed by atoms with van der Waals surface area (Å²) in [6.07, 6.45) is 1.16. The van der Waals surface area contributed by atoms with Crippen molar-refractivity contribution in [3.05, 3.63) is 0 Å². The van der Waals surface area contributed by atoms with Crippen molar-refractivity contribution in [1.29, 1.82) is 0 Å². The van der Waals surface area contributed by atoms with E-state index in [9.17, 15) is 14.4 Å². The van der Waals surface area contributed by atoms with Gasteiger partial charge in [0.15, 0.2) is 0 Å². The molecule has 0 unspecified atom stereocenters. The minimum absolute atomic E-state index is 0.0609. The van der Waals surface area contributed by atoms with E-state index < -0.39 is 11.9 Å². The quantitative estimate of drug-likeness (QED) is 0.451. The van der Waals surface area contributed by atoms with Crippen molar-refractivity contribution < 1.29 is 33.3 Å². The Hall–Kier alpha value is -1.67. The van der Waals surface area contributed by atoms with Crippen molar-refractivity contribution in [1.82, 2.24) is 4.90 Å². The average molecular weight is 347 g/mol. The van der Waals surface area contributed by atoms with Crippen molar-refractivity contribution >= 4 is 17.8 Å². The van der Waals surface area contributed by atoms with Crippen LogP contribution >= 0.6 is 0 Å². The Bertz CT molecular complexity index is 361. The molecule has 0 spiro atoms. The van der Waals surface area contributed by atoms with Crippen LogP contribution in [0.5, 0.6) is 0 Å². The van der Waals surface area contributed by atoms with E-state index in [1.54, 1.807) is 0 Å². The van der Waals surface area contributed by atoms with E-state index in [0.717, 1.165) is 6.42 Å². The highest BCUT2D eigenvalue weighted by Gasteiger charge is 2.15. The van der Waals surface area contributed by atoms with Gasteiger partial charge >= 0.3 is 11.9 Å². The molecule has 8 nitrogen and oxygen atoms in total. The summed E-state index contributed by atoms with van der Waals surface area (Å²) in [6.45, 7) is 4.45. The Morgan fingerprint density at radius 3 is 1.71 bits per heavy atom. The fraction of sp³-hybridized carbons (Fsp3) is 0.812. The maximum atomic E-state index is 12.2. The zero-order valence-electron chi connectivity index (χ0n) is 15.0. The van der Waals surface area contributed by atoms with E-state index in [-0.39, 0.29) is 45.4 Å². The molecule has 0 N–H and O–H groups in total. The third kappa shape index (κ3) is 11.8. The van der Waals surface area contributed by atoms with Crippen molar-refractivity contribution in [2.75, 3.05) is 53.7 Å². The lowest BCUT2D eigenvalue weighted by molar-refractivity contribution is -0.151. The van der Waals surface area contributed by atoms with Crippen LogP contribution in [0.1, 0.15) is 26.7 Å². The molecule has 0 aromatic heterocycles. The number of hydrogen-bond acceptors (Lipinski definition) is 7. The molecule has 0 saturated heterocycles. The number of methoxy groups -OCH3 is 2. The Kier molecular flexibility index (Phi) is 12.8. The molecular weight excluding hydrogens is 318 g/mol. The number of carbonyl (C=O) groups excluding carboxylic acids is 3. The topological polar surface area (TPSA) is 91.4 Å². The van der Waals surface area contributed by atoms with Gasteiger partial charge in [-0.15, -0.1) is 0 Å². The Balaban J connectivity index is 4.34. The molecule has 0 aromatic carbocycles. The summed E-state index contributed by atoms with van der Waals surface area (Å²) >= 11 is 0. The van der Waals surface area contributed by atoms with E-state index in [0.29, 0.717) is 12.3 Å². The summed E-state index contributed by atoms with van der Waals surface area (Å²) in [4.78, 5) is 36.3. The maximum absolute atomic E-state index is 12.2. The summed E-state index contributed by atoms with van der Waals surface area (Å²) in [5.41, 5.74) is 0. The van der Waals surface area contributed by atoms with Gasteiger partial charge in [0.2, 0.25) is 5.91 Å². The SMILES string of the molecule is COCC(=O)OCCN(CCOC(=O)COC)C(=O)CCC(C)C. The molecule has 8 heteroatoms. The van der Waals surface area contributed by atoms with Gasteiger partial charge in [0.25, 0.3) is 0 Å². The molecule has 0 aliphatic carbocycles. The Morgan fingerprint density at radius 1 is 0.875 bits per heavy atom. The summed E-state index contributed by atoms with van der Waals surface area (Å²) in [5, 5.41) is 0. The predicted octanol–water partition coefficient (Wildman–Crippen LogP) is 0.630. The third-order valence-corrected chi connectivity index (χ3v) is 3.06. The first-order valence-electron chi connectivity index (χ1n) is 7.97. The molecule has 0 rings (SSSR count). The summed E-state index contributed by atoms with van der Waals surface area (Å²) in [6, 6.07) is 0. The molecule has 0 saturated carbocycles. The van der Waals surface area contributed by atoms with Gasteiger partial charge < -0.3 is 23.8 Å². The number of rotatable bonds is 13. The van der Waals surface area contributed by atoms with Crippen LogP contribution in [-0.4, -0.2) is 76.5 Å². The highest BCUT2D eigenvalue weighted by Crippen LogP contribution is 2.06. The van der Waals surface area contributed by atoms with Gasteiger partial charge in [0.1, 0.15) is 26.4 Å². The van der Waals surface area contributed by atoms with Gasteiger partial charge in [0.05, 0.1) is 13.1 Å². The van der Waals surface area contributed by atoms with Crippen molar-refractivity contribution in [2.24, 2.45) is 5.92 Å². The molecule has 1 amide bonds. The summed E-state index contributed by atoms with van der Waals surface area (Å²) in [7, 11) is 2.80. The normalized spacial score (nSPS) is 10.5. The third-order valence-electron chi connectivity index (χ3n) is 3.06.